The monoisotopic (exact) mass is 285 g/mol. The van der Waals surface area contributed by atoms with E-state index in [9.17, 15) is 9.18 Å². The third kappa shape index (κ3) is 5.96. The fourth-order valence-electron chi connectivity index (χ4n) is 1.52. The van der Waals surface area contributed by atoms with Crippen LogP contribution in [0.4, 0.5) is 14.9 Å². The minimum atomic E-state index is -0.588. The molecule has 0 atom stereocenters. The molecule has 1 amide bonds. The molecule has 0 aliphatic carbocycles. The van der Waals surface area contributed by atoms with Crippen LogP contribution in [0.5, 0.6) is 0 Å². The summed E-state index contributed by atoms with van der Waals surface area (Å²) in [6, 6.07) is 4.64. The average Bonchev–Trinajstić information content (AvgIpc) is 2.25. The molecule has 0 aliphatic heterocycles. The maximum absolute atomic E-state index is 13.7. The molecule has 5 heteroatoms. The molecule has 0 fully saturated rings. The van der Waals surface area contributed by atoms with Crippen molar-refractivity contribution in [3.05, 3.63) is 29.6 Å². The molecule has 106 valence electrons. The van der Waals surface area contributed by atoms with E-state index in [1.165, 1.54) is 6.07 Å². The molecule has 3 nitrogen and oxygen atoms in total. The summed E-state index contributed by atoms with van der Waals surface area (Å²) in [5, 5.41) is 2.51. The second kappa shape index (κ2) is 6.80. The van der Waals surface area contributed by atoms with Gasteiger partial charge in [0.1, 0.15) is 11.4 Å². The zero-order valence-electron chi connectivity index (χ0n) is 11.5. The fraction of sp³-hybridized carbons (Fsp3) is 0.500. The summed E-state index contributed by atoms with van der Waals surface area (Å²) in [6.45, 7) is 5.31. The number of halogens is 1. The topological polar surface area (TPSA) is 38.3 Å². The lowest BCUT2D eigenvalue weighted by Gasteiger charge is -2.19. The number of carbonyl (C=O) groups excluding carboxylic acids is 1. The lowest BCUT2D eigenvalue weighted by molar-refractivity contribution is 0.0636. The number of thiol groups is 1. The molecule has 1 N–H and O–H groups in total. The highest BCUT2D eigenvalue weighted by Gasteiger charge is 2.16. The maximum Gasteiger partial charge on any atom is 0.412 e. The van der Waals surface area contributed by atoms with Crippen molar-refractivity contribution in [2.45, 2.75) is 39.2 Å². The molecule has 0 spiro atoms. The zero-order valence-corrected chi connectivity index (χ0v) is 12.4. The molecule has 0 saturated carbocycles. The predicted octanol–water partition coefficient (Wildman–Crippen LogP) is 4.04. The van der Waals surface area contributed by atoms with Gasteiger partial charge in [0.2, 0.25) is 0 Å². The van der Waals surface area contributed by atoms with Crippen LogP contribution in [0, 0.1) is 5.82 Å². The molecule has 19 heavy (non-hydrogen) atoms. The van der Waals surface area contributed by atoms with Crippen molar-refractivity contribution >= 4 is 24.4 Å². The predicted molar refractivity (Wildman–Crippen MR) is 78.4 cm³/mol. The van der Waals surface area contributed by atoms with Crippen molar-refractivity contribution in [2.24, 2.45) is 0 Å². The largest absolute Gasteiger partial charge is 0.444 e. The van der Waals surface area contributed by atoms with Crippen molar-refractivity contribution in [1.82, 2.24) is 0 Å². The van der Waals surface area contributed by atoms with E-state index in [1.54, 1.807) is 32.9 Å². The summed E-state index contributed by atoms with van der Waals surface area (Å²) in [5.41, 5.74) is 0.444. The summed E-state index contributed by atoms with van der Waals surface area (Å²) < 4.78 is 18.8. The van der Waals surface area contributed by atoms with E-state index in [4.69, 9.17) is 4.74 Å². The molecule has 0 radical (unpaired) electrons. The molecule has 0 saturated heterocycles. The number of anilines is 1. The van der Waals surface area contributed by atoms with E-state index >= 15 is 0 Å². The molecule has 0 aromatic heterocycles. The Hall–Kier alpha value is -1.23. The molecular weight excluding hydrogens is 265 g/mol. The minimum Gasteiger partial charge on any atom is -0.444 e. The van der Waals surface area contributed by atoms with Crippen LogP contribution in [-0.4, -0.2) is 17.4 Å². The van der Waals surface area contributed by atoms with Gasteiger partial charge in [-0.15, -0.1) is 0 Å². The normalized spacial score (nSPS) is 11.2. The quantitative estimate of drug-likeness (QED) is 0.820. The minimum absolute atomic E-state index is 0.324. The van der Waals surface area contributed by atoms with E-state index in [0.717, 1.165) is 12.2 Å². The van der Waals surface area contributed by atoms with E-state index in [1.807, 2.05) is 0 Å². The number of hydrogen-bond donors (Lipinski definition) is 2. The van der Waals surface area contributed by atoms with Crippen molar-refractivity contribution in [1.29, 1.82) is 0 Å². The van der Waals surface area contributed by atoms with Crippen LogP contribution in [0.15, 0.2) is 18.2 Å². The molecule has 1 rings (SSSR count). The highest BCUT2D eigenvalue weighted by molar-refractivity contribution is 7.80. The SMILES string of the molecule is CC(C)(C)OC(=O)Nc1ccc(CCCS)c(F)c1. The first-order valence-corrected chi connectivity index (χ1v) is 6.84. The Morgan fingerprint density at radius 1 is 1.42 bits per heavy atom. The van der Waals surface area contributed by atoms with Crippen LogP contribution in [0.1, 0.15) is 32.8 Å². The smallest absolute Gasteiger partial charge is 0.412 e. The van der Waals surface area contributed by atoms with Crippen molar-refractivity contribution < 1.29 is 13.9 Å². The van der Waals surface area contributed by atoms with Gasteiger partial charge in [0, 0.05) is 5.69 Å². The van der Waals surface area contributed by atoms with Crippen molar-refractivity contribution in [3.8, 4) is 0 Å². The lowest BCUT2D eigenvalue weighted by atomic mass is 10.1. The summed E-state index contributed by atoms with van der Waals surface area (Å²) in [7, 11) is 0. The van der Waals surface area contributed by atoms with Crippen LogP contribution in [0.2, 0.25) is 0 Å². The van der Waals surface area contributed by atoms with Gasteiger partial charge in [-0.1, -0.05) is 6.07 Å². The van der Waals surface area contributed by atoms with Crippen LogP contribution in [-0.2, 0) is 11.2 Å². The van der Waals surface area contributed by atoms with Gasteiger partial charge in [-0.25, -0.2) is 9.18 Å². The van der Waals surface area contributed by atoms with Crippen molar-refractivity contribution in [3.63, 3.8) is 0 Å². The summed E-state index contributed by atoms with van der Waals surface area (Å²) >= 11 is 4.09. The molecular formula is C14H20FNO2S. The molecule has 0 heterocycles. The zero-order chi connectivity index (χ0) is 14.5. The van der Waals surface area contributed by atoms with Crippen LogP contribution < -0.4 is 5.32 Å². The van der Waals surface area contributed by atoms with Crippen LogP contribution >= 0.6 is 12.6 Å². The number of ether oxygens (including phenoxy) is 1. The van der Waals surface area contributed by atoms with E-state index < -0.39 is 11.7 Å². The lowest BCUT2D eigenvalue weighted by Crippen LogP contribution is -2.27. The number of benzene rings is 1. The van der Waals surface area contributed by atoms with Gasteiger partial charge in [0.05, 0.1) is 0 Å². The van der Waals surface area contributed by atoms with Gasteiger partial charge in [0.25, 0.3) is 0 Å². The fourth-order valence-corrected chi connectivity index (χ4v) is 1.68. The third-order valence-electron chi connectivity index (χ3n) is 2.30. The maximum atomic E-state index is 13.7. The Morgan fingerprint density at radius 2 is 2.11 bits per heavy atom. The third-order valence-corrected chi connectivity index (χ3v) is 2.62. The molecule has 0 bridgehead atoms. The Balaban J connectivity index is 2.65. The number of amides is 1. The first kappa shape index (κ1) is 15.8. The highest BCUT2D eigenvalue weighted by atomic mass is 32.1. The number of rotatable bonds is 4. The van der Waals surface area contributed by atoms with Crippen LogP contribution in [0.3, 0.4) is 0 Å². The Labute approximate surface area is 118 Å². The van der Waals surface area contributed by atoms with Gasteiger partial charge in [-0.3, -0.25) is 5.32 Å². The second-order valence-corrected chi connectivity index (χ2v) is 5.71. The highest BCUT2D eigenvalue weighted by Crippen LogP contribution is 2.17. The van der Waals surface area contributed by atoms with E-state index in [2.05, 4.69) is 17.9 Å². The molecule has 0 unspecified atom stereocenters. The van der Waals surface area contributed by atoms with E-state index in [0.29, 0.717) is 17.7 Å². The van der Waals surface area contributed by atoms with Gasteiger partial charge < -0.3 is 4.74 Å². The van der Waals surface area contributed by atoms with E-state index in [-0.39, 0.29) is 5.82 Å². The Bertz CT molecular complexity index is 444. The van der Waals surface area contributed by atoms with Crippen molar-refractivity contribution in [2.75, 3.05) is 11.1 Å². The van der Waals surface area contributed by atoms with Gasteiger partial charge in [-0.05, 0) is 57.1 Å². The second-order valence-electron chi connectivity index (χ2n) is 5.26. The summed E-state index contributed by atoms with van der Waals surface area (Å²) in [4.78, 5) is 11.5. The average molecular weight is 285 g/mol. The first-order valence-electron chi connectivity index (χ1n) is 6.21. The molecule has 1 aromatic carbocycles. The number of carbonyl (C=O) groups is 1. The van der Waals surface area contributed by atoms with Gasteiger partial charge in [-0.2, -0.15) is 12.6 Å². The Morgan fingerprint density at radius 3 is 2.63 bits per heavy atom. The van der Waals surface area contributed by atoms with Crippen LogP contribution in [0.25, 0.3) is 0 Å². The first-order chi connectivity index (χ1) is 8.81. The standard InChI is InChI=1S/C14H20FNO2S/c1-14(2,3)18-13(17)16-11-7-6-10(5-4-8-19)12(15)9-11/h6-7,9,19H,4-5,8H2,1-3H3,(H,16,17). The Kier molecular flexibility index (Phi) is 5.66. The number of aryl methyl sites for hydroxylation is 1. The van der Waals surface area contributed by atoms with Gasteiger partial charge >= 0.3 is 6.09 Å². The number of nitrogens with one attached hydrogen (secondary N) is 1. The molecule has 0 aliphatic rings. The summed E-state index contributed by atoms with van der Waals surface area (Å²) in [5.74, 6) is 0.396. The molecule has 1 aromatic rings. The summed E-state index contributed by atoms with van der Waals surface area (Å²) in [6.07, 6.45) is 0.871. The van der Waals surface area contributed by atoms with Gasteiger partial charge in [0.15, 0.2) is 0 Å². The number of hydrogen-bond acceptors (Lipinski definition) is 3.